The Bertz CT molecular complexity index is 828. The summed E-state index contributed by atoms with van der Waals surface area (Å²) in [5.74, 6) is -0.210. The van der Waals surface area contributed by atoms with Gasteiger partial charge in [-0.2, -0.15) is 17.0 Å². The first-order valence-electron chi connectivity index (χ1n) is 8.11. The molecule has 1 aromatic carbocycles. The summed E-state index contributed by atoms with van der Waals surface area (Å²) in [4.78, 5) is 4.31. The number of thiophene rings is 1. The van der Waals surface area contributed by atoms with Crippen LogP contribution in [0.15, 0.2) is 36.4 Å². The van der Waals surface area contributed by atoms with Crippen LogP contribution < -0.4 is 0 Å². The van der Waals surface area contributed by atoms with Gasteiger partial charge in [-0.1, -0.05) is 18.2 Å². The van der Waals surface area contributed by atoms with E-state index in [0.717, 1.165) is 16.3 Å². The average molecular weight is 384 g/mol. The van der Waals surface area contributed by atoms with Crippen LogP contribution in [0.25, 0.3) is 10.4 Å². The molecule has 1 aliphatic heterocycles. The highest BCUT2D eigenvalue weighted by Crippen LogP contribution is 2.30. The molecule has 0 unspecified atom stereocenters. The van der Waals surface area contributed by atoms with Gasteiger partial charge in [0.1, 0.15) is 5.82 Å². The zero-order chi connectivity index (χ0) is 18.0. The maximum Gasteiger partial charge on any atom is 0.281 e. The highest BCUT2D eigenvalue weighted by atomic mass is 32.2. The summed E-state index contributed by atoms with van der Waals surface area (Å²) >= 11 is 1.58. The third kappa shape index (κ3) is 4.09. The summed E-state index contributed by atoms with van der Waals surface area (Å²) in [5, 5.41) is 0. The number of hydrogen-bond donors (Lipinski definition) is 0. The normalized spacial score (nSPS) is 17.3. The molecule has 1 aromatic heterocycles. The van der Waals surface area contributed by atoms with Crippen molar-refractivity contribution < 1.29 is 12.8 Å². The van der Waals surface area contributed by atoms with Crippen LogP contribution in [0.1, 0.15) is 4.88 Å². The minimum absolute atomic E-state index is 0.210. The Labute approximate surface area is 152 Å². The molecule has 136 valence electrons. The number of nitrogens with zero attached hydrogens (tertiary/aromatic N) is 3. The van der Waals surface area contributed by atoms with Crippen molar-refractivity contribution >= 4 is 21.5 Å². The Balaban J connectivity index is 1.61. The van der Waals surface area contributed by atoms with Crippen LogP contribution in [-0.2, 0) is 16.8 Å². The second kappa shape index (κ2) is 7.51. The van der Waals surface area contributed by atoms with E-state index in [9.17, 15) is 12.8 Å². The Morgan fingerprint density at radius 3 is 2.40 bits per heavy atom. The standard InChI is InChI=1S/C17H22FN3O2S2/c1-19(2)25(22,23)21-11-9-20(10-12-21)13-14-7-8-17(24-14)15-5-3-4-6-16(15)18/h3-8H,9-13H2,1-2H3. The molecule has 2 heterocycles. The van der Waals surface area contributed by atoms with E-state index in [1.165, 1.54) is 14.7 Å². The van der Waals surface area contributed by atoms with Gasteiger partial charge >= 0.3 is 0 Å². The van der Waals surface area contributed by atoms with E-state index in [0.29, 0.717) is 31.7 Å². The molecule has 1 aliphatic rings. The van der Waals surface area contributed by atoms with Crippen LogP contribution in [0.2, 0.25) is 0 Å². The number of piperazine rings is 1. The maximum absolute atomic E-state index is 13.9. The fourth-order valence-electron chi connectivity index (χ4n) is 2.84. The molecule has 3 rings (SSSR count). The van der Waals surface area contributed by atoms with Crippen LogP contribution in [0, 0.1) is 5.82 Å². The predicted molar refractivity (Wildman–Crippen MR) is 99.2 cm³/mol. The van der Waals surface area contributed by atoms with Crippen LogP contribution in [0.4, 0.5) is 4.39 Å². The molecule has 8 heteroatoms. The van der Waals surface area contributed by atoms with Crippen molar-refractivity contribution in [3.8, 4) is 10.4 Å². The minimum Gasteiger partial charge on any atom is -0.296 e. The van der Waals surface area contributed by atoms with E-state index in [2.05, 4.69) is 4.90 Å². The van der Waals surface area contributed by atoms with Gasteiger partial charge in [-0.25, -0.2) is 4.39 Å². The molecule has 2 aromatic rings. The molecule has 0 spiro atoms. The number of benzene rings is 1. The van der Waals surface area contributed by atoms with Gasteiger partial charge in [0.05, 0.1) is 0 Å². The third-order valence-electron chi connectivity index (χ3n) is 4.30. The van der Waals surface area contributed by atoms with E-state index in [4.69, 9.17) is 0 Å². The highest BCUT2D eigenvalue weighted by molar-refractivity contribution is 7.86. The summed E-state index contributed by atoms with van der Waals surface area (Å²) in [6.45, 7) is 3.13. The molecule has 0 N–H and O–H groups in total. The van der Waals surface area contributed by atoms with Crippen LogP contribution in [0.3, 0.4) is 0 Å². The van der Waals surface area contributed by atoms with Crippen LogP contribution >= 0.6 is 11.3 Å². The Hall–Kier alpha value is -1.32. The van der Waals surface area contributed by atoms with Gasteiger partial charge in [0.25, 0.3) is 10.2 Å². The molecular formula is C17H22FN3O2S2. The second-order valence-corrected chi connectivity index (χ2v) is 9.52. The van der Waals surface area contributed by atoms with Crippen molar-refractivity contribution in [2.45, 2.75) is 6.54 Å². The zero-order valence-electron chi connectivity index (χ0n) is 14.4. The van der Waals surface area contributed by atoms with Gasteiger partial charge in [-0.15, -0.1) is 11.3 Å². The molecule has 1 saturated heterocycles. The maximum atomic E-state index is 13.9. The summed E-state index contributed by atoms with van der Waals surface area (Å²) in [7, 11) is -0.226. The minimum atomic E-state index is -3.33. The SMILES string of the molecule is CN(C)S(=O)(=O)N1CCN(Cc2ccc(-c3ccccc3F)s2)CC1. The zero-order valence-corrected chi connectivity index (χ0v) is 16.0. The second-order valence-electron chi connectivity index (χ2n) is 6.21. The van der Waals surface area contributed by atoms with E-state index >= 15 is 0 Å². The topological polar surface area (TPSA) is 43.9 Å². The number of rotatable bonds is 5. The summed E-state index contributed by atoms with van der Waals surface area (Å²) < 4.78 is 40.9. The fraction of sp³-hybridized carbons (Fsp3) is 0.412. The van der Waals surface area contributed by atoms with Crippen molar-refractivity contribution in [3.63, 3.8) is 0 Å². The first-order chi connectivity index (χ1) is 11.9. The lowest BCUT2D eigenvalue weighted by molar-refractivity contribution is 0.178. The Morgan fingerprint density at radius 1 is 1.08 bits per heavy atom. The molecule has 1 fully saturated rings. The van der Waals surface area contributed by atoms with Gasteiger partial charge in [-0.05, 0) is 18.2 Å². The monoisotopic (exact) mass is 383 g/mol. The molecular weight excluding hydrogens is 361 g/mol. The smallest absolute Gasteiger partial charge is 0.281 e. The van der Waals surface area contributed by atoms with E-state index in [-0.39, 0.29) is 5.82 Å². The van der Waals surface area contributed by atoms with E-state index in [1.54, 1.807) is 37.6 Å². The Morgan fingerprint density at radius 2 is 1.76 bits per heavy atom. The summed E-state index contributed by atoms with van der Waals surface area (Å²) in [6, 6.07) is 10.8. The quantitative estimate of drug-likeness (QED) is 0.797. The van der Waals surface area contributed by atoms with Gasteiger partial charge in [0, 0.05) is 62.1 Å². The number of halogens is 1. The lowest BCUT2D eigenvalue weighted by Gasteiger charge is -2.34. The lowest BCUT2D eigenvalue weighted by Crippen LogP contribution is -2.51. The molecule has 0 atom stereocenters. The first kappa shape index (κ1) is 18.5. The van der Waals surface area contributed by atoms with Crippen LogP contribution in [0.5, 0.6) is 0 Å². The molecule has 0 saturated carbocycles. The van der Waals surface area contributed by atoms with Crippen molar-refractivity contribution in [1.82, 2.24) is 13.5 Å². The molecule has 0 bridgehead atoms. The van der Waals surface area contributed by atoms with E-state index in [1.807, 2.05) is 18.2 Å². The average Bonchev–Trinajstić information content (AvgIpc) is 3.04. The molecule has 0 aliphatic carbocycles. The predicted octanol–water partition coefficient (Wildman–Crippen LogP) is 2.48. The van der Waals surface area contributed by atoms with Crippen molar-refractivity contribution in [2.75, 3.05) is 40.3 Å². The molecule has 0 amide bonds. The fourth-order valence-corrected chi connectivity index (χ4v) is 5.00. The van der Waals surface area contributed by atoms with Crippen LogP contribution in [-0.4, -0.2) is 62.2 Å². The van der Waals surface area contributed by atoms with Crippen molar-refractivity contribution in [3.05, 3.63) is 47.1 Å². The first-order valence-corrected chi connectivity index (χ1v) is 10.3. The summed E-state index contributed by atoms with van der Waals surface area (Å²) in [5.41, 5.74) is 0.626. The lowest BCUT2D eigenvalue weighted by atomic mass is 10.2. The third-order valence-corrected chi connectivity index (χ3v) is 7.34. The largest absolute Gasteiger partial charge is 0.296 e. The van der Waals surface area contributed by atoms with E-state index < -0.39 is 10.2 Å². The van der Waals surface area contributed by atoms with Crippen molar-refractivity contribution in [2.24, 2.45) is 0 Å². The highest BCUT2D eigenvalue weighted by Gasteiger charge is 2.28. The van der Waals surface area contributed by atoms with Crippen molar-refractivity contribution in [1.29, 1.82) is 0 Å². The summed E-state index contributed by atoms with van der Waals surface area (Å²) in [6.07, 6.45) is 0. The molecule has 25 heavy (non-hydrogen) atoms. The van der Waals surface area contributed by atoms with Gasteiger partial charge in [-0.3, -0.25) is 4.90 Å². The molecule has 5 nitrogen and oxygen atoms in total. The Kier molecular flexibility index (Phi) is 5.55. The van der Waals surface area contributed by atoms with Gasteiger partial charge in [0.15, 0.2) is 0 Å². The van der Waals surface area contributed by atoms with Gasteiger partial charge < -0.3 is 0 Å². The molecule has 0 radical (unpaired) electrons. The number of hydrogen-bond acceptors (Lipinski definition) is 4. The van der Waals surface area contributed by atoms with Gasteiger partial charge in [0.2, 0.25) is 0 Å².